The van der Waals surface area contributed by atoms with E-state index in [0.717, 1.165) is 18.4 Å². The van der Waals surface area contributed by atoms with Crippen LogP contribution in [0.3, 0.4) is 0 Å². The molecule has 0 saturated heterocycles. The SMILES string of the molecule is CS(=O)Cc1cccc(C(=O)NC(C(=O)O)C2CC2)c1. The van der Waals surface area contributed by atoms with Crippen LogP contribution in [0.4, 0.5) is 0 Å². The molecule has 2 atom stereocenters. The van der Waals surface area contributed by atoms with Gasteiger partial charge in [0.15, 0.2) is 0 Å². The van der Waals surface area contributed by atoms with Crippen LogP contribution in [0.15, 0.2) is 24.3 Å². The van der Waals surface area contributed by atoms with E-state index in [1.165, 1.54) is 0 Å². The lowest BCUT2D eigenvalue weighted by molar-refractivity contribution is -0.139. The van der Waals surface area contributed by atoms with Crippen molar-refractivity contribution in [2.45, 2.75) is 24.6 Å². The number of amides is 1. The van der Waals surface area contributed by atoms with Gasteiger partial charge < -0.3 is 10.4 Å². The third kappa shape index (κ3) is 3.90. The molecule has 5 nitrogen and oxygen atoms in total. The predicted molar refractivity (Wildman–Crippen MR) is 75.8 cm³/mol. The summed E-state index contributed by atoms with van der Waals surface area (Å²) in [5, 5.41) is 11.7. The Morgan fingerprint density at radius 3 is 2.70 bits per heavy atom. The van der Waals surface area contributed by atoms with E-state index in [1.807, 2.05) is 0 Å². The molecule has 2 N–H and O–H groups in total. The molecule has 1 aliphatic carbocycles. The Hall–Kier alpha value is -1.69. The molecule has 0 spiro atoms. The van der Waals surface area contributed by atoms with Gasteiger partial charge in [0.05, 0.1) is 0 Å². The van der Waals surface area contributed by atoms with Crippen molar-refractivity contribution in [1.82, 2.24) is 5.32 Å². The summed E-state index contributed by atoms with van der Waals surface area (Å²) in [5.74, 6) is -0.964. The number of aliphatic carboxylic acids is 1. The highest BCUT2D eigenvalue weighted by molar-refractivity contribution is 7.83. The number of nitrogens with one attached hydrogen (secondary N) is 1. The fourth-order valence-corrected chi connectivity index (χ4v) is 2.72. The van der Waals surface area contributed by atoms with Crippen molar-refractivity contribution in [3.8, 4) is 0 Å². The van der Waals surface area contributed by atoms with Gasteiger partial charge in [0.1, 0.15) is 6.04 Å². The first-order chi connectivity index (χ1) is 9.47. The van der Waals surface area contributed by atoms with Crippen LogP contribution in [0.1, 0.15) is 28.8 Å². The zero-order valence-electron chi connectivity index (χ0n) is 11.2. The van der Waals surface area contributed by atoms with Crippen LogP contribution in [0.5, 0.6) is 0 Å². The second kappa shape index (κ2) is 6.17. The molecule has 2 unspecified atom stereocenters. The summed E-state index contributed by atoms with van der Waals surface area (Å²) >= 11 is 0. The summed E-state index contributed by atoms with van der Waals surface area (Å²) in [6.45, 7) is 0. The van der Waals surface area contributed by atoms with Crippen LogP contribution in [0, 0.1) is 5.92 Å². The van der Waals surface area contributed by atoms with Gasteiger partial charge in [0.2, 0.25) is 0 Å². The smallest absolute Gasteiger partial charge is 0.326 e. The topological polar surface area (TPSA) is 83.5 Å². The minimum Gasteiger partial charge on any atom is -0.480 e. The quantitative estimate of drug-likeness (QED) is 0.825. The van der Waals surface area contributed by atoms with E-state index in [9.17, 15) is 13.8 Å². The lowest BCUT2D eigenvalue weighted by atomic mass is 10.1. The Labute approximate surface area is 119 Å². The van der Waals surface area contributed by atoms with Crippen molar-refractivity contribution in [1.29, 1.82) is 0 Å². The van der Waals surface area contributed by atoms with Gasteiger partial charge in [-0.05, 0) is 36.5 Å². The van der Waals surface area contributed by atoms with Gasteiger partial charge in [-0.2, -0.15) is 0 Å². The van der Waals surface area contributed by atoms with Gasteiger partial charge in [-0.1, -0.05) is 12.1 Å². The summed E-state index contributed by atoms with van der Waals surface area (Å²) < 4.78 is 11.2. The Bertz CT molecular complexity index is 554. The number of hydrogen-bond donors (Lipinski definition) is 2. The number of carbonyl (C=O) groups excluding carboxylic acids is 1. The highest BCUT2D eigenvalue weighted by Gasteiger charge is 2.37. The molecule has 108 valence electrons. The maximum Gasteiger partial charge on any atom is 0.326 e. The van der Waals surface area contributed by atoms with Gasteiger partial charge in [-0.25, -0.2) is 4.79 Å². The monoisotopic (exact) mass is 295 g/mol. The third-order valence-corrected chi connectivity index (χ3v) is 3.95. The Balaban J connectivity index is 2.08. The first kappa shape index (κ1) is 14.7. The Kier molecular flexibility index (Phi) is 4.54. The number of rotatable bonds is 6. The van der Waals surface area contributed by atoms with Crippen LogP contribution < -0.4 is 5.32 Å². The van der Waals surface area contributed by atoms with Gasteiger partial charge in [-0.3, -0.25) is 9.00 Å². The fourth-order valence-electron chi connectivity index (χ4n) is 2.07. The Morgan fingerprint density at radius 2 is 2.15 bits per heavy atom. The van der Waals surface area contributed by atoms with E-state index in [1.54, 1.807) is 30.5 Å². The number of benzene rings is 1. The Morgan fingerprint density at radius 1 is 1.45 bits per heavy atom. The zero-order valence-corrected chi connectivity index (χ0v) is 12.0. The molecule has 1 saturated carbocycles. The number of carbonyl (C=O) groups is 2. The summed E-state index contributed by atoms with van der Waals surface area (Å²) in [6, 6.07) is 5.98. The minimum atomic E-state index is -0.994. The van der Waals surface area contributed by atoms with Crippen molar-refractivity contribution < 1.29 is 18.9 Å². The van der Waals surface area contributed by atoms with Gasteiger partial charge in [0, 0.05) is 28.4 Å². The van der Waals surface area contributed by atoms with Gasteiger partial charge in [0.25, 0.3) is 5.91 Å². The normalized spacial score (nSPS) is 17.2. The number of carboxylic acids is 1. The lowest BCUT2D eigenvalue weighted by Gasteiger charge is -2.13. The molecule has 0 bridgehead atoms. The van der Waals surface area contributed by atoms with E-state index in [4.69, 9.17) is 5.11 Å². The third-order valence-electron chi connectivity index (χ3n) is 3.21. The van der Waals surface area contributed by atoms with Crippen LogP contribution in [-0.4, -0.2) is 33.5 Å². The van der Waals surface area contributed by atoms with Crippen LogP contribution in [0.25, 0.3) is 0 Å². The highest BCUT2D eigenvalue weighted by atomic mass is 32.2. The van der Waals surface area contributed by atoms with E-state index in [0.29, 0.717) is 11.3 Å². The molecule has 1 fully saturated rings. The maximum atomic E-state index is 12.1. The van der Waals surface area contributed by atoms with E-state index in [-0.39, 0.29) is 5.92 Å². The maximum absolute atomic E-state index is 12.1. The second-order valence-corrected chi connectivity index (χ2v) is 6.48. The average Bonchev–Trinajstić information content (AvgIpc) is 3.19. The standard InChI is InChI=1S/C14H17NO4S/c1-20(19)8-9-3-2-4-11(7-9)13(16)15-12(14(17)18)10-5-6-10/h2-4,7,10,12H,5-6,8H2,1H3,(H,15,16)(H,17,18). The lowest BCUT2D eigenvalue weighted by Crippen LogP contribution is -2.42. The molecule has 0 aliphatic heterocycles. The molecule has 1 aliphatic rings. The zero-order chi connectivity index (χ0) is 14.7. The van der Waals surface area contributed by atoms with Gasteiger partial charge in [-0.15, -0.1) is 0 Å². The van der Waals surface area contributed by atoms with Crippen LogP contribution in [0.2, 0.25) is 0 Å². The number of carboxylic acid groups (broad SMARTS) is 1. The van der Waals surface area contributed by atoms with Crippen molar-refractivity contribution in [2.24, 2.45) is 5.92 Å². The largest absolute Gasteiger partial charge is 0.480 e. The summed E-state index contributed by atoms with van der Waals surface area (Å²) in [6.07, 6.45) is 3.28. The molecule has 0 radical (unpaired) electrons. The van der Waals surface area contributed by atoms with Gasteiger partial charge >= 0.3 is 5.97 Å². The molecule has 2 rings (SSSR count). The van der Waals surface area contributed by atoms with Crippen molar-refractivity contribution >= 4 is 22.7 Å². The molecular weight excluding hydrogens is 278 g/mol. The minimum absolute atomic E-state index is 0.0442. The molecular formula is C14H17NO4S. The van der Waals surface area contributed by atoms with E-state index < -0.39 is 28.7 Å². The number of hydrogen-bond acceptors (Lipinski definition) is 3. The van der Waals surface area contributed by atoms with Crippen molar-refractivity contribution in [3.63, 3.8) is 0 Å². The first-order valence-corrected chi connectivity index (χ1v) is 8.12. The van der Waals surface area contributed by atoms with E-state index in [2.05, 4.69) is 5.32 Å². The average molecular weight is 295 g/mol. The molecule has 1 aromatic rings. The van der Waals surface area contributed by atoms with E-state index >= 15 is 0 Å². The fraction of sp³-hybridized carbons (Fsp3) is 0.429. The summed E-state index contributed by atoms with van der Waals surface area (Å²) in [5.41, 5.74) is 1.21. The first-order valence-electron chi connectivity index (χ1n) is 6.40. The summed E-state index contributed by atoms with van der Waals surface area (Å²) in [4.78, 5) is 23.2. The highest BCUT2D eigenvalue weighted by Crippen LogP contribution is 2.32. The predicted octanol–water partition coefficient (Wildman–Crippen LogP) is 1.16. The molecule has 20 heavy (non-hydrogen) atoms. The second-order valence-electron chi connectivity index (χ2n) is 5.04. The molecule has 6 heteroatoms. The molecule has 0 heterocycles. The molecule has 1 aromatic carbocycles. The van der Waals surface area contributed by atoms with Crippen molar-refractivity contribution in [2.75, 3.05) is 6.26 Å². The molecule has 0 aromatic heterocycles. The molecule has 1 amide bonds. The summed E-state index contributed by atoms with van der Waals surface area (Å²) in [7, 11) is -0.979. The van der Waals surface area contributed by atoms with Crippen LogP contribution >= 0.6 is 0 Å². The van der Waals surface area contributed by atoms with Crippen LogP contribution in [-0.2, 0) is 21.3 Å². The van der Waals surface area contributed by atoms with Crippen molar-refractivity contribution in [3.05, 3.63) is 35.4 Å².